The van der Waals surface area contributed by atoms with Crippen LogP contribution in [-0.4, -0.2) is 56.2 Å². The number of benzene rings is 1. The highest BCUT2D eigenvalue weighted by atomic mass is 35.5. The van der Waals surface area contributed by atoms with Crippen molar-refractivity contribution >= 4 is 30.6 Å². The molecule has 1 fully saturated rings. The van der Waals surface area contributed by atoms with E-state index in [-0.39, 0.29) is 30.5 Å². The minimum atomic E-state index is -2.90. The van der Waals surface area contributed by atoms with Gasteiger partial charge in [-0.05, 0) is 19.6 Å². The van der Waals surface area contributed by atoms with Gasteiger partial charge in [0.1, 0.15) is 5.82 Å². The second-order valence-electron chi connectivity index (χ2n) is 6.52. The summed E-state index contributed by atoms with van der Waals surface area (Å²) in [5.74, 6) is -0.780. The Balaban J connectivity index is 0.000000629. The lowest BCUT2D eigenvalue weighted by Gasteiger charge is -2.08. The van der Waals surface area contributed by atoms with Gasteiger partial charge in [0.05, 0.1) is 31.2 Å². The van der Waals surface area contributed by atoms with Crippen LogP contribution in [0.25, 0.3) is 0 Å². The zero-order chi connectivity index (χ0) is 23.9. The number of nitrogens with one attached hydrogen (secondary N) is 1. The average molecular weight is 475 g/mol. The first-order valence-electron chi connectivity index (χ1n) is 10.4. The van der Waals surface area contributed by atoms with E-state index in [0.29, 0.717) is 24.2 Å². The van der Waals surface area contributed by atoms with Gasteiger partial charge in [-0.2, -0.15) is 0 Å². The van der Waals surface area contributed by atoms with Gasteiger partial charge < -0.3 is 15.0 Å². The number of hydrogen-bond donors (Lipinski definition) is 1. The number of carbonyl (C=O) groups is 1. The summed E-state index contributed by atoms with van der Waals surface area (Å²) in [7, 11) is 0. The summed E-state index contributed by atoms with van der Waals surface area (Å²) in [6.07, 6.45) is 0.328. The minimum absolute atomic E-state index is 0.0247. The van der Waals surface area contributed by atoms with Crippen LogP contribution in [0, 0.1) is 5.82 Å². The number of ether oxygens (including phenoxy) is 1. The molecule has 10 heteroatoms. The quantitative estimate of drug-likeness (QED) is 0.205. The monoisotopic (exact) mass is 474 g/mol. The Hall–Kier alpha value is -2.39. The Morgan fingerprint density at radius 3 is 2.50 bits per heavy atom. The molecule has 1 N–H and O–H groups in total. The molecule has 2 aliphatic heterocycles. The lowest BCUT2D eigenvalue weighted by atomic mass is 10.1. The van der Waals surface area contributed by atoms with E-state index in [4.69, 9.17) is 16.3 Å². The summed E-state index contributed by atoms with van der Waals surface area (Å²) in [5, 5.41) is 2.91. The molecular formula is C22H30ClF3N4O2. The van der Waals surface area contributed by atoms with E-state index < -0.39 is 17.8 Å². The Kier molecular flexibility index (Phi) is 13.3. The van der Waals surface area contributed by atoms with E-state index >= 15 is 0 Å². The van der Waals surface area contributed by atoms with Crippen molar-refractivity contribution in [1.82, 2.24) is 10.2 Å². The van der Waals surface area contributed by atoms with Gasteiger partial charge >= 0.3 is 0 Å². The van der Waals surface area contributed by atoms with Crippen LogP contribution < -0.4 is 5.32 Å². The third-order valence-electron chi connectivity index (χ3n) is 4.51. The predicted octanol–water partition coefficient (Wildman–Crippen LogP) is 4.70. The normalized spacial score (nSPS) is 15.7. The second kappa shape index (κ2) is 15.4. The first kappa shape index (κ1) is 27.6. The standard InChI is InChI=1S/C16H16ClF3N4O.C4H8O.C2H6/c1-21-16(12-6-24(9-25)7-13(12)23-8-17)22-5-10-3-2-4-11(14(10)18)15(19)20;1-2-4-5-3-1;1-2/h2-4,9,15,23H,1,5-8H2;1-4H2;1-2H3. The highest BCUT2D eigenvalue weighted by Crippen LogP contribution is 2.25. The van der Waals surface area contributed by atoms with Crippen LogP contribution in [-0.2, 0) is 16.1 Å². The van der Waals surface area contributed by atoms with Crippen LogP contribution in [0.5, 0.6) is 0 Å². The van der Waals surface area contributed by atoms with Gasteiger partial charge in [-0.15, -0.1) is 11.6 Å². The van der Waals surface area contributed by atoms with Gasteiger partial charge in [0, 0.05) is 30.0 Å². The molecule has 1 amide bonds. The topological polar surface area (TPSA) is 66.3 Å². The number of amidine groups is 1. The highest BCUT2D eigenvalue weighted by molar-refractivity contribution is 6.17. The van der Waals surface area contributed by atoms with Crippen LogP contribution >= 0.6 is 11.6 Å². The van der Waals surface area contributed by atoms with E-state index in [1.54, 1.807) is 0 Å². The molecular weight excluding hydrogens is 445 g/mol. The van der Waals surface area contributed by atoms with Gasteiger partial charge in [0.15, 0.2) is 5.84 Å². The summed E-state index contributed by atoms with van der Waals surface area (Å²) < 4.78 is 44.6. The Morgan fingerprint density at radius 1 is 1.31 bits per heavy atom. The summed E-state index contributed by atoms with van der Waals surface area (Å²) in [5.41, 5.74) is 0.623. The van der Waals surface area contributed by atoms with Gasteiger partial charge in [-0.25, -0.2) is 18.2 Å². The number of aliphatic imine (C=N–C) groups is 2. The molecule has 2 aliphatic rings. The molecule has 1 aromatic rings. The first-order valence-corrected chi connectivity index (χ1v) is 10.9. The van der Waals surface area contributed by atoms with E-state index in [1.807, 2.05) is 13.8 Å². The minimum Gasteiger partial charge on any atom is -0.381 e. The Labute approximate surface area is 192 Å². The molecule has 0 aliphatic carbocycles. The van der Waals surface area contributed by atoms with E-state index in [2.05, 4.69) is 22.0 Å². The largest absolute Gasteiger partial charge is 0.381 e. The molecule has 6 nitrogen and oxygen atoms in total. The molecule has 1 aromatic carbocycles. The molecule has 2 heterocycles. The number of carbonyl (C=O) groups excluding carboxylic acids is 1. The lowest BCUT2D eigenvalue weighted by Crippen LogP contribution is -2.22. The van der Waals surface area contributed by atoms with Gasteiger partial charge in [-0.1, -0.05) is 32.0 Å². The first-order chi connectivity index (χ1) is 15.5. The van der Waals surface area contributed by atoms with Crippen LogP contribution in [0.3, 0.4) is 0 Å². The number of alkyl halides is 3. The van der Waals surface area contributed by atoms with Crippen molar-refractivity contribution in [3.05, 3.63) is 46.4 Å². The van der Waals surface area contributed by atoms with Crippen LogP contribution in [0.2, 0.25) is 0 Å². The van der Waals surface area contributed by atoms with Crippen molar-refractivity contribution in [2.45, 2.75) is 39.7 Å². The Morgan fingerprint density at radius 2 is 2.00 bits per heavy atom. The van der Waals surface area contributed by atoms with Crippen molar-refractivity contribution in [3.63, 3.8) is 0 Å². The van der Waals surface area contributed by atoms with Crippen molar-refractivity contribution < 1.29 is 22.7 Å². The second-order valence-corrected chi connectivity index (χ2v) is 6.78. The fourth-order valence-electron chi connectivity index (χ4n) is 2.98. The lowest BCUT2D eigenvalue weighted by molar-refractivity contribution is -0.117. The van der Waals surface area contributed by atoms with Crippen molar-refractivity contribution in [2.24, 2.45) is 9.98 Å². The molecule has 32 heavy (non-hydrogen) atoms. The van der Waals surface area contributed by atoms with Crippen LogP contribution in [0.4, 0.5) is 13.2 Å². The molecule has 178 valence electrons. The summed E-state index contributed by atoms with van der Waals surface area (Å²) in [4.78, 5) is 20.4. The number of nitrogens with zero attached hydrogens (tertiary/aromatic N) is 3. The Bertz CT molecular complexity index is 792. The summed E-state index contributed by atoms with van der Waals surface area (Å²) in [6, 6.07) is 3.88. The predicted molar refractivity (Wildman–Crippen MR) is 122 cm³/mol. The summed E-state index contributed by atoms with van der Waals surface area (Å²) in [6.45, 7) is 9.82. The maximum absolute atomic E-state index is 14.1. The third kappa shape index (κ3) is 8.27. The molecule has 0 atom stereocenters. The van der Waals surface area contributed by atoms with Gasteiger partial charge in [0.2, 0.25) is 6.41 Å². The number of rotatable bonds is 7. The van der Waals surface area contributed by atoms with Crippen molar-refractivity contribution in [3.8, 4) is 0 Å². The van der Waals surface area contributed by atoms with Gasteiger partial charge in [0.25, 0.3) is 6.43 Å². The number of hydrogen-bond acceptors (Lipinski definition) is 4. The van der Waals surface area contributed by atoms with E-state index in [9.17, 15) is 18.0 Å². The zero-order valence-electron chi connectivity index (χ0n) is 18.4. The number of amides is 1. The zero-order valence-corrected chi connectivity index (χ0v) is 19.2. The molecule has 0 bridgehead atoms. The van der Waals surface area contributed by atoms with Crippen molar-refractivity contribution in [1.29, 1.82) is 0 Å². The fraction of sp³-hybridized carbons (Fsp3) is 0.500. The molecule has 3 rings (SSSR count). The van der Waals surface area contributed by atoms with Crippen LogP contribution in [0.1, 0.15) is 44.2 Å². The van der Waals surface area contributed by atoms with E-state index in [1.165, 1.54) is 29.9 Å². The van der Waals surface area contributed by atoms with Gasteiger partial charge in [-0.3, -0.25) is 9.79 Å². The molecule has 0 radical (unpaired) electrons. The molecule has 0 spiro atoms. The van der Waals surface area contributed by atoms with Crippen LogP contribution in [0.15, 0.2) is 39.5 Å². The molecule has 0 aromatic heterocycles. The SMILES string of the molecule is C1CCOC1.C=NC(=NCc1cccc(C(F)F)c1F)C1=C(NCCl)CN(C=O)C1.CC. The smallest absolute Gasteiger partial charge is 0.266 e. The molecule has 1 saturated heterocycles. The maximum Gasteiger partial charge on any atom is 0.266 e. The number of halogens is 4. The third-order valence-corrected chi connectivity index (χ3v) is 4.64. The highest BCUT2D eigenvalue weighted by Gasteiger charge is 2.24. The maximum atomic E-state index is 14.1. The summed E-state index contributed by atoms with van der Waals surface area (Å²) >= 11 is 5.67. The average Bonchev–Trinajstić information content (AvgIpc) is 3.51. The van der Waals surface area contributed by atoms with Crippen molar-refractivity contribution in [2.75, 3.05) is 32.3 Å². The fourth-order valence-corrected chi connectivity index (χ4v) is 3.14. The molecule has 0 saturated carbocycles. The molecule has 0 unspecified atom stereocenters. The van der Waals surface area contributed by atoms with E-state index in [0.717, 1.165) is 19.3 Å².